The van der Waals surface area contributed by atoms with Gasteiger partial charge in [0.1, 0.15) is 5.82 Å². The molecule has 1 aromatic heterocycles. The fraction of sp³-hybridized carbons (Fsp3) is 0.259. The summed E-state index contributed by atoms with van der Waals surface area (Å²) >= 11 is 0. The van der Waals surface area contributed by atoms with E-state index in [9.17, 15) is 14.4 Å². The molecule has 2 heterocycles. The molecule has 0 fully saturated rings. The van der Waals surface area contributed by atoms with Gasteiger partial charge in [0.2, 0.25) is 24.5 Å². The molecule has 186 valence electrons. The Bertz CT molecular complexity index is 1230. The number of fused-ring (bicyclic) bond motifs is 1. The van der Waals surface area contributed by atoms with E-state index in [1.54, 1.807) is 24.4 Å². The summed E-state index contributed by atoms with van der Waals surface area (Å²) in [5, 5.41) is 5.55. The fourth-order valence-electron chi connectivity index (χ4n) is 3.71. The molecule has 0 saturated heterocycles. The molecule has 0 saturated carbocycles. The molecule has 3 amide bonds. The number of carbonyl (C=O) groups excluding carboxylic acids is 3. The molecule has 1 aliphatic rings. The highest BCUT2D eigenvalue weighted by Crippen LogP contribution is 2.32. The second kappa shape index (κ2) is 11.8. The van der Waals surface area contributed by atoms with E-state index in [0.717, 1.165) is 16.7 Å². The molecular formula is C27H28N4O5. The van der Waals surface area contributed by atoms with Gasteiger partial charge in [0.05, 0.1) is 6.54 Å². The van der Waals surface area contributed by atoms with E-state index in [1.165, 1.54) is 4.90 Å². The minimum Gasteiger partial charge on any atom is -0.454 e. The number of nitrogens with one attached hydrogen (secondary N) is 2. The number of aromatic nitrogens is 1. The first-order valence-corrected chi connectivity index (χ1v) is 11.7. The predicted molar refractivity (Wildman–Crippen MR) is 133 cm³/mol. The van der Waals surface area contributed by atoms with Crippen LogP contribution >= 0.6 is 0 Å². The van der Waals surface area contributed by atoms with Crippen molar-refractivity contribution >= 4 is 23.5 Å². The van der Waals surface area contributed by atoms with Crippen LogP contribution in [0, 0.1) is 6.92 Å². The summed E-state index contributed by atoms with van der Waals surface area (Å²) in [6, 6.07) is 18.5. The molecule has 9 heteroatoms. The molecule has 0 unspecified atom stereocenters. The van der Waals surface area contributed by atoms with Crippen molar-refractivity contribution in [2.75, 3.05) is 18.7 Å². The fourth-order valence-corrected chi connectivity index (χ4v) is 3.71. The minimum atomic E-state index is -0.321. The lowest BCUT2D eigenvalue weighted by atomic mass is 10.1. The van der Waals surface area contributed by atoms with Gasteiger partial charge in [-0.05, 0) is 47.9 Å². The molecule has 0 spiro atoms. The first kappa shape index (κ1) is 24.7. The average Bonchev–Trinajstić information content (AvgIpc) is 3.34. The number of hydrogen-bond donors (Lipinski definition) is 2. The highest BCUT2D eigenvalue weighted by atomic mass is 16.7. The quantitative estimate of drug-likeness (QED) is 0.454. The van der Waals surface area contributed by atoms with Crippen LogP contribution in [0.25, 0.3) is 0 Å². The number of hydrogen-bond acceptors (Lipinski definition) is 6. The van der Waals surface area contributed by atoms with Crippen LogP contribution in [0.2, 0.25) is 0 Å². The Hall–Kier alpha value is -4.40. The zero-order valence-electron chi connectivity index (χ0n) is 20.0. The molecule has 2 aromatic carbocycles. The Morgan fingerprint density at radius 2 is 1.72 bits per heavy atom. The van der Waals surface area contributed by atoms with Gasteiger partial charge >= 0.3 is 0 Å². The summed E-state index contributed by atoms with van der Waals surface area (Å²) in [6.07, 6.45) is 1.53. The summed E-state index contributed by atoms with van der Waals surface area (Å²) in [5.41, 5.74) is 2.71. The molecule has 3 aromatic rings. The third-order valence-electron chi connectivity index (χ3n) is 5.58. The van der Waals surface area contributed by atoms with Crippen LogP contribution in [0.5, 0.6) is 11.5 Å². The van der Waals surface area contributed by atoms with Gasteiger partial charge < -0.3 is 25.0 Å². The van der Waals surface area contributed by atoms with Gasteiger partial charge in [-0.1, -0.05) is 36.4 Å². The summed E-state index contributed by atoms with van der Waals surface area (Å²) in [4.78, 5) is 43.7. The number of aryl methyl sites for hydroxylation is 1. The van der Waals surface area contributed by atoms with E-state index in [2.05, 4.69) is 15.6 Å². The number of ether oxygens (including phenoxy) is 2. The lowest BCUT2D eigenvalue weighted by molar-refractivity contribution is -0.137. The first-order chi connectivity index (χ1) is 17.5. The van der Waals surface area contributed by atoms with Crippen LogP contribution < -0.4 is 20.1 Å². The Kier molecular flexibility index (Phi) is 8.12. The van der Waals surface area contributed by atoms with Gasteiger partial charge in [-0.3, -0.25) is 14.4 Å². The van der Waals surface area contributed by atoms with Gasteiger partial charge in [-0.2, -0.15) is 0 Å². The lowest BCUT2D eigenvalue weighted by Crippen LogP contribution is -2.40. The van der Waals surface area contributed by atoms with Gasteiger partial charge in [-0.15, -0.1) is 0 Å². The molecule has 9 nitrogen and oxygen atoms in total. The maximum absolute atomic E-state index is 13.1. The van der Waals surface area contributed by atoms with E-state index in [1.807, 2.05) is 49.4 Å². The van der Waals surface area contributed by atoms with E-state index in [4.69, 9.17) is 9.47 Å². The van der Waals surface area contributed by atoms with Crippen LogP contribution in [0.4, 0.5) is 5.82 Å². The number of benzene rings is 2. The van der Waals surface area contributed by atoms with Crippen LogP contribution in [0.3, 0.4) is 0 Å². The van der Waals surface area contributed by atoms with Crippen molar-refractivity contribution in [2.45, 2.75) is 32.9 Å². The number of amides is 3. The summed E-state index contributed by atoms with van der Waals surface area (Å²) in [6.45, 7) is 2.46. The average molecular weight is 489 g/mol. The SMILES string of the molecule is Cc1ccnc(NC(=O)CCC(=O)N(CC(=O)NCc2ccccc2)Cc2ccc3c(c2)OCO3)c1. The normalized spacial score (nSPS) is 11.6. The first-order valence-electron chi connectivity index (χ1n) is 11.7. The molecule has 1 aliphatic heterocycles. The standard InChI is InChI=1S/C27H28N4O5/c1-19-11-12-28-24(13-19)30-25(32)9-10-27(34)31(16-21-7-8-22-23(14-21)36-18-35-22)17-26(33)29-15-20-5-3-2-4-6-20/h2-8,11-14H,9-10,15-18H2,1H3,(H,29,33)(H,28,30,32). The number of nitrogens with zero attached hydrogens (tertiary/aromatic N) is 2. The third kappa shape index (κ3) is 7.05. The molecule has 0 radical (unpaired) electrons. The van der Waals surface area contributed by atoms with Crippen molar-refractivity contribution in [2.24, 2.45) is 0 Å². The number of carbonyl (C=O) groups is 3. The maximum atomic E-state index is 13.1. The molecule has 0 aliphatic carbocycles. The number of pyridine rings is 1. The van der Waals surface area contributed by atoms with Crippen molar-refractivity contribution in [1.82, 2.24) is 15.2 Å². The Labute approximate surface area is 209 Å². The molecular weight excluding hydrogens is 460 g/mol. The van der Waals surface area contributed by atoms with Crippen molar-refractivity contribution in [3.63, 3.8) is 0 Å². The summed E-state index contributed by atoms with van der Waals surface area (Å²) < 4.78 is 10.8. The lowest BCUT2D eigenvalue weighted by Gasteiger charge is -2.22. The molecule has 2 N–H and O–H groups in total. The van der Waals surface area contributed by atoms with E-state index >= 15 is 0 Å². The Balaban J connectivity index is 1.38. The Morgan fingerprint density at radius 1 is 0.917 bits per heavy atom. The van der Waals surface area contributed by atoms with Crippen LogP contribution in [0.1, 0.15) is 29.5 Å². The van der Waals surface area contributed by atoms with Gasteiger partial charge in [-0.25, -0.2) is 4.98 Å². The van der Waals surface area contributed by atoms with Gasteiger partial charge in [0, 0.05) is 32.1 Å². The zero-order chi connectivity index (χ0) is 25.3. The number of rotatable bonds is 10. The van der Waals surface area contributed by atoms with Crippen molar-refractivity contribution in [3.05, 3.63) is 83.6 Å². The molecule has 4 rings (SSSR count). The smallest absolute Gasteiger partial charge is 0.239 e. The van der Waals surface area contributed by atoms with Crippen molar-refractivity contribution in [3.8, 4) is 11.5 Å². The third-order valence-corrected chi connectivity index (χ3v) is 5.58. The van der Waals surface area contributed by atoms with Crippen LogP contribution in [0.15, 0.2) is 66.9 Å². The van der Waals surface area contributed by atoms with Gasteiger partial charge in [0.25, 0.3) is 0 Å². The highest BCUT2D eigenvalue weighted by molar-refractivity contribution is 5.93. The number of anilines is 1. The van der Waals surface area contributed by atoms with Crippen molar-refractivity contribution in [1.29, 1.82) is 0 Å². The van der Waals surface area contributed by atoms with Crippen molar-refractivity contribution < 1.29 is 23.9 Å². The predicted octanol–water partition coefficient (Wildman–Crippen LogP) is 3.18. The summed E-state index contributed by atoms with van der Waals surface area (Å²) in [7, 11) is 0. The second-order valence-corrected chi connectivity index (χ2v) is 8.47. The van der Waals surface area contributed by atoms with Crippen LogP contribution in [-0.2, 0) is 27.5 Å². The Morgan fingerprint density at radius 3 is 2.53 bits per heavy atom. The molecule has 36 heavy (non-hydrogen) atoms. The van der Waals surface area contributed by atoms with E-state index in [0.29, 0.717) is 23.9 Å². The van der Waals surface area contributed by atoms with Gasteiger partial charge in [0.15, 0.2) is 11.5 Å². The minimum absolute atomic E-state index is 0.0300. The van der Waals surface area contributed by atoms with E-state index < -0.39 is 0 Å². The zero-order valence-corrected chi connectivity index (χ0v) is 20.0. The maximum Gasteiger partial charge on any atom is 0.239 e. The topological polar surface area (TPSA) is 110 Å². The second-order valence-electron chi connectivity index (χ2n) is 8.47. The largest absolute Gasteiger partial charge is 0.454 e. The monoisotopic (exact) mass is 488 g/mol. The highest BCUT2D eigenvalue weighted by Gasteiger charge is 2.21. The molecule has 0 bridgehead atoms. The molecule has 0 atom stereocenters. The summed E-state index contributed by atoms with van der Waals surface area (Å²) in [5.74, 6) is 0.747. The van der Waals surface area contributed by atoms with Crippen LogP contribution in [-0.4, -0.2) is 40.9 Å². The van der Waals surface area contributed by atoms with E-state index in [-0.39, 0.29) is 50.4 Å².